The zero-order valence-corrected chi connectivity index (χ0v) is 28.6. The number of aromatic amines is 1. The molecule has 44 heavy (non-hydrogen) atoms. The first-order valence-electron chi connectivity index (χ1n) is 14.5. The van der Waals surface area contributed by atoms with Crippen molar-refractivity contribution in [3.63, 3.8) is 0 Å². The maximum atomic E-state index is 13.2. The maximum absolute atomic E-state index is 13.2. The van der Waals surface area contributed by atoms with Crippen molar-refractivity contribution in [3.05, 3.63) is 18.2 Å². The second-order valence-corrected chi connectivity index (χ2v) is 13.7. The summed E-state index contributed by atoms with van der Waals surface area (Å²) >= 11 is -3.58. The molecule has 3 unspecified atom stereocenters. The minimum atomic E-state index is -5.03. The Balaban J connectivity index is 0.00000433. The van der Waals surface area contributed by atoms with Gasteiger partial charge in [-0.2, -0.15) is 4.31 Å². The molecular formula is C24H47N3O14P2Ti. The third-order valence-corrected chi connectivity index (χ3v) is 8.68. The van der Waals surface area contributed by atoms with Gasteiger partial charge in [-0.15, -0.1) is 4.67 Å². The number of aromatic nitrogens is 2. The quantitative estimate of drug-likeness (QED) is 0.0198. The van der Waals surface area contributed by atoms with Crippen molar-refractivity contribution in [3.8, 4) is 0 Å². The summed E-state index contributed by atoms with van der Waals surface area (Å²) in [6.07, 6.45) is 10.8. The van der Waals surface area contributed by atoms with Crippen LogP contribution in [-0.4, -0.2) is 64.5 Å². The molecule has 0 aromatic carbocycles. The van der Waals surface area contributed by atoms with Crippen LogP contribution in [0.3, 0.4) is 0 Å². The molecule has 0 bridgehead atoms. The van der Waals surface area contributed by atoms with Gasteiger partial charge in [-0.05, 0) is 12.8 Å². The summed E-state index contributed by atoms with van der Waals surface area (Å²) in [7, 11) is -10.00. The molecule has 0 aliphatic heterocycles. The van der Waals surface area contributed by atoms with E-state index in [-0.39, 0.29) is 19.6 Å². The number of hydrogen-bond donors (Lipinski definition) is 6. The van der Waals surface area contributed by atoms with Crippen LogP contribution in [-0.2, 0) is 70.0 Å². The van der Waals surface area contributed by atoms with Gasteiger partial charge in [-0.1, -0.05) is 78.1 Å². The topological polar surface area (TPSA) is 267 Å². The number of phosphoric acid groups is 2. The standard InChI is InChI=1S/C24H45N3O11P2.2H2O.O.Ti/c1-3-5-7-9-11-13-15-34-39(31,32)38-40(33,35-16-14-12-10-8-6-4-2)37-36-23(24(29)30)22(28)21(25)17-20-18-26-19-27-20;;;;/h18-19,21,23H,3-17,25H2,1-2H3,(H,26,27)(H,29,30)(H,31,32);2*1H2;;/q;;;;+2/p-2/t21-,23?,40?;;;;/m0..../s1. The Morgan fingerprint density at radius 2 is 1.45 bits per heavy atom. The van der Waals surface area contributed by atoms with Gasteiger partial charge < -0.3 is 20.7 Å². The third kappa shape index (κ3) is 22.5. The molecule has 0 aliphatic carbocycles. The summed E-state index contributed by atoms with van der Waals surface area (Å²) in [6.45, 7) is 3.80. The van der Waals surface area contributed by atoms with Crippen molar-refractivity contribution in [1.82, 2.24) is 9.97 Å². The minimum absolute atomic E-state index is 0.0905. The predicted molar refractivity (Wildman–Crippen MR) is 151 cm³/mol. The molecule has 1 aromatic rings. The summed E-state index contributed by atoms with van der Waals surface area (Å²) in [5.41, 5.74) is 6.27. The molecule has 20 heteroatoms. The van der Waals surface area contributed by atoms with Crippen molar-refractivity contribution in [2.75, 3.05) is 13.2 Å². The van der Waals surface area contributed by atoms with Crippen LogP contribution in [0.1, 0.15) is 96.6 Å². The van der Waals surface area contributed by atoms with Crippen LogP contribution in [0.4, 0.5) is 0 Å². The van der Waals surface area contributed by atoms with Gasteiger partial charge in [0.25, 0.3) is 0 Å². The third-order valence-electron chi connectivity index (χ3n) is 5.78. The van der Waals surface area contributed by atoms with Crippen molar-refractivity contribution in [2.45, 2.75) is 109 Å². The van der Waals surface area contributed by atoms with Crippen molar-refractivity contribution in [1.29, 1.82) is 0 Å². The number of carboxylic acids is 1. The Morgan fingerprint density at radius 3 is 1.93 bits per heavy atom. The van der Waals surface area contributed by atoms with E-state index in [2.05, 4.69) is 33.4 Å². The first kappa shape index (κ1) is 43.0. The summed E-state index contributed by atoms with van der Waals surface area (Å²) in [5.74, 6) is -2.91. The Bertz CT molecular complexity index is 1030. The molecule has 256 valence electrons. The predicted octanol–water partition coefficient (Wildman–Crippen LogP) is 3.99. The normalized spacial score (nSPS) is 15.3. The van der Waals surface area contributed by atoms with Crippen LogP contribution in [0.25, 0.3) is 0 Å². The second-order valence-electron chi connectivity index (χ2n) is 9.66. The number of hydrogen-bond acceptors (Lipinski definition) is 12. The number of unbranched alkanes of at least 4 members (excludes halogenated alkanes) is 10. The van der Waals surface area contributed by atoms with Crippen molar-refractivity contribution in [2.24, 2.45) is 5.73 Å². The number of H-pyrrole nitrogens is 1. The van der Waals surface area contributed by atoms with E-state index >= 15 is 0 Å². The van der Waals surface area contributed by atoms with Crippen LogP contribution in [0.5, 0.6) is 0 Å². The van der Waals surface area contributed by atoms with Gasteiger partial charge in [0, 0.05) is 18.3 Å². The molecule has 1 aromatic heterocycles. The van der Waals surface area contributed by atoms with Crippen LogP contribution in [0.15, 0.2) is 12.5 Å². The number of aliphatic carboxylic acids is 1. The number of imidazole rings is 1. The number of carboxylic acid groups (broad SMARTS) is 1. The fraction of sp³-hybridized carbons (Fsp3) is 0.792. The number of nitrogens with zero attached hydrogens (tertiary/aromatic N) is 1. The Kier molecular flexibility index (Phi) is 24.5. The molecule has 0 spiro atoms. The summed E-state index contributed by atoms with van der Waals surface area (Å²) in [5, 5.41) is 9.48. The molecular weight excluding hydrogens is 664 g/mol. The Labute approximate surface area is 264 Å². The molecule has 0 aliphatic rings. The van der Waals surface area contributed by atoms with Crippen LogP contribution < -0.4 is 5.73 Å². The number of ketones is 1. The van der Waals surface area contributed by atoms with Gasteiger partial charge in [0.05, 0.1) is 25.6 Å². The summed E-state index contributed by atoms with van der Waals surface area (Å²) < 4.78 is 68.3. The Morgan fingerprint density at radius 1 is 0.955 bits per heavy atom. The molecule has 0 saturated carbocycles. The average Bonchev–Trinajstić information content (AvgIpc) is 3.44. The molecule has 0 amide bonds. The molecule has 7 N–H and O–H groups in total. The fourth-order valence-electron chi connectivity index (χ4n) is 3.56. The molecule has 17 nitrogen and oxygen atoms in total. The molecule has 0 radical (unpaired) electrons. The van der Waals surface area contributed by atoms with E-state index in [1.54, 1.807) is 0 Å². The van der Waals surface area contributed by atoms with Gasteiger partial charge in [-0.25, -0.2) is 23.8 Å². The van der Waals surface area contributed by atoms with E-state index in [9.17, 15) is 28.7 Å². The van der Waals surface area contributed by atoms with Gasteiger partial charge >= 0.3 is 50.9 Å². The fourth-order valence-corrected chi connectivity index (χ4v) is 6.01. The number of carbonyl (C=O) groups excluding carboxylic acids is 1. The summed E-state index contributed by atoms with van der Waals surface area (Å²) in [6, 6.07) is -1.35. The number of nitrogens with one attached hydrogen (secondary N) is 1. The van der Waals surface area contributed by atoms with Gasteiger partial charge in [0.2, 0.25) is 6.10 Å². The van der Waals surface area contributed by atoms with Crippen LogP contribution in [0, 0.1) is 0 Å². The van der Waals surface area contributed by atoms with Gasteiger partial charge in [0.1, 0.15) is 0 Å². The zero-order chi connectivity index (χ0) is 33.4. The molecule has 0 fully saturated rings. The molecule has 1 heterocycles. The first-order chi connectivity index (χ1) is 20.8. The van der Waals surface area contributed by atoms with Gasteiger partial charge in [0.15, 0.2) is 5.78 Å². The number of rotatable bonds is 26. The average molecular weight is 711 g/mol. The van der Waals surface area contributed by atoms with Crippen LogP contribution in [0.2, 0.25) is 0 Å². The van der Waals surface area contributed by atoms with Crippen molar-refractivity contribution < 1.29 is 81.0 Å². The first-order valence-corrected chi connectivity index (χ1v) is 19.5. The van der Waals surface area contributed by atoms with Gasteiger partial charge in [-0.3, -0.25) is 13.8 Å². The number of nitrogens with two attached hydrogens (primary N) is 1. The van der Waals surface area contributed by atoms with E-state index in [1.807, 2.05) is 0 Å². The van der Waals surface area contributed by atoms with E-state index in [0.29, 0.717) is 25.0 Å². The number of phosphoric ester groups is 1. The molecule has 1 rings (SSSR count). The van der Waals surface area contributed by atoms with E-state index in [0.717, 1.165) is 57.8 Å². The van der Waals surface area contributed by atoms with E-state index < -0.39 is 58.2 Å². The summed E-state index contributed by atoms with van der Waals surface area (Å²) in [4.78, 5) is 45.6. The van der Waals surface area contributed by atoms with Crippen LogP contribution >= 0.6 is 15.6 Å². The monoisotopic (exact) mass is 711 g/mol. The SMILES string of the molecule is CCCCCCCCOP(=O)(O)OP(=O)(OCCCCCCCC)OOC(C(=O)O)C(=O)[C@@H](N)Cc1cnc[nH]1.[O]=[Ti]([OH])[OH]. The number of Topliss-reactive ketones (excluding diaryl/α,β-unsaturated/α-hetero) is 1. The number of carbonyl (C=O) groups is 2. The Hall–Kier alpha value is -1.04. The zero-order valence-electron chi connectivity index (χ0n) is 25.2. The van der Waals surface area contributed by atoms with E-state index in [4.69, 9.17) is 29.8 Å². The van der Waals surface area contributed by atoms with Crippen molar-refractivity contribution >= 4 is 27.4 Å². The molecule has 4 atom stereocenters. The molecule has 0 saturated heterocycles. The second kappa shape index (κ2) is 25.1. The van der Waals surface area contributed by atoms with E-state index in [1.165, 1.54) is 12.5 Å².